The lowest BCUT2D eigenvalue weighted by Crippen LogP contribution is -1.93. The van der Waals surface area contributed by atoms with Crippen molar-refractivity contribution < 1.29 is 0 Å². The van der Waals surface area contributed by atoms with E-state index in [1.165, 1.54) is 0 Å². The molecule has 1 aromatic rings. The molecule has 0 aliphatic rings. The highest BCUT2D eigenvalue weighted by atomic mass is 32.1. The summed E-state index contributed by atoms with van der Waals surface area (Å²) in [6.45, 7) is 1.87. The second kappa shape index (κ2) is 4.03. The lowest BCUT2D eigenvalue weighted by molar-refractivity contribution is 1.20. The number of anilines is 1. The maximum atomic E-state index is 5.64. The first-order valence-electron chi connectivity index (χ1n) is 3.56. The van der Waals surface area contributed by atoms with Crippen LogP contribution in [0.1, 0.15) is 11.3 Å². The molecule has 0 saturated heterocycles. The van der Waals surface area contributed by atoms with E-state index in [9.17, 15) is 0 Å². The van der Waals surface area contributed by atoms with Crippen molar-refractivity contribution >= 4 is 18.3 Å². The van der Waals surface area contributed by atoms with Crippen LogP contribution in [0.3, 0.4) is 0 Å². The Labute approximate surface area is 77.6 Å². The third-order valence-corrected chi connectivity index (χ3v) is 1.60. The van der Waals surface area contributed by atoms with Gasteiger partial charge in [-0.15, -0.1) is 0 Å². The van der Waals surface area contributed by atoms with Gasteiger partial charge in [0, 0.05) is 11.8 Å². The molecule has 1 rings (SSSR count). The summed E-state index contributed by atoms with van der Waals surface area (Å²) in [5.74, 6) is 6.27. The number of hydrogen-bond donors (Lipinski definition) is 2. The standard InChI is InChI=1S/C9H10N2S/c1-7-9(10)5-8(6-11-7)3-2-4-12/h5-6,12H,4,10H2,1H3. The van der Waals surface area contributed by atoms with Crippen molar-refractivity contribution in [3.05, 3.63) is 23.5 Å². The summed E-state index contributed by atoms with van der Waals surface area (Å²) in [6.07, 6.45) is 1.71. The molecule has 0 unspecified atom stereocenters. The van der Waals surface area contributed by atoms with E-state index in [0.29, 0.717) is 11.4 Å². The normalized spacial score (nSPS) is 8.83. The minimum atomic E-state index is 0.549. The van der Waals surface area contributed by atoms with Crippen LogP contribution in [0.2, 0.25) is 0 Å². The lowest BCUT2D eigenvalue weighted by atomic mass is 10.2. The fraction of sp³-hybridized carbons (Fsp3) is 0.222. The van der Waals surface area contributed by atoms with Crippen LogP contribution in [0.4, 0.5) is 5.69 Å². The average molecular weight is 178 g/mol. The SMILES string of the molecule is Cc1ncc(C#CCS)cc1N. The fourth-order valence-electron chi connectivity index (χ4n) is 0.760. The fourth-order valence-corrected chi connectivity index (χ4v) is 0.839. The van der Waals surface area contributed by atoms with Crippen molar-refractivity contribution in [1.82, 2.24) is 4.98 Å². The molecule has 3 heteroatoms. The number of aromatic nitrogens is 1. The van der Waals surface area contributed by atoms with Crippen LogP contribution < -0.4 is 5.73 Å². The summed E-state index contributed by atoms with van der Waals surface area (Å²) < 4.78 is 0. The zero-order valence-corrected chi connectivity index (χ0v) is 7.73. The molecule has 0 radical (unpaired) electrons. The molecule has 0 aliphatic heterocycles. The minimum absolute atomic E-state index is 0.549. The number of thiol groups is 1. The molecule has 0 aromatic carbocycles. The van der Waals surface area contributed by atoms with E-state index >= 15 is 0 Å². The van der Waals surface area contributed by atoms with Gasteiger partial charge in [-0.05, 0) is 13.0 Å². The Balaban J connectivity index is 2.97. The van der Waals surface area contributed by atoms with Gasteiger partial charge in [0.05, 0.1) is 17.1 Å². The maximum absolute atomic E-state index is 5.64. The second-order valence-corrected chi connectivity index (χ2v) is 2.67. The van der Waals surface area contributed by atoms with Gasteiger partial charge >= 0.3 is 0 Å². The van der Waals surface area contributed by atoms with Gasteiger partial charge in [0.25, 0.3) is 0 Å². The zero-order chi connectivity index (χ0) is 8.97. The van der Waals surface area contributed by atoms with Crippen molar-refractivity contribution in [2.45, 2.75) is 6.92 Å². The molecular formula is C9H10N2S. The molecular weight excluding hydrogens is 168 g/mol. The van der Waals surface area contributed by atoms with E-state index in [4.69, 9.17) is 5.73 Å². The first-order valence-corrected chi connectivity index (χ1v) is 4.19. The van der Waals surface area contributed by atoms with Crippen molar-refractivity contribution in [1.29, 1.82) is 0 Å². The molecule has 0 spiro atoms. The first-order chi connectivity index (χ1) is 5.74. The number of nitrogen functional groups attached to an aromatic ring is 1. The first kappa shape index (κ1) is 8.95. The molecule has 1 aromatic heterocycles. The number of nitrogens with zero attached hydrogens (tertiary/aromatic N) is 1. The Morgan fingerprint density at radius 2 is 2.42 bits per heavy atom. The van der Waals surface area contributed by atoms with Crippen LogP contribution in [0, 0.1) is 18.8 Å². The third kappa shape index (κ3) is 2.18. The van der Waals surface area contributed by atoms with Crippen LogP contribution in [0.15, 0.2) is 12.3 Å². The third-order valence-electron chi connectivity index (χ3n) is 1.44. The van der Waals surface area contributed by atoms with Gasteiger partial charge in [0.15, 0.2) is 0 Å². The Kier molecular flexibility index (Phi) is 3.01. The summed E-state index contributed by atoms with van der Waals surface area (Å²) in [5.41, 5.74) is 8.00. The smallest absolute Gasteiger partial charge is 0.0602 e. The van der Waals surface area contributed by atoms with E-state index in [0.717, 1.165) is 11.3 Å². The van der Waals surface area contributed by atoms with Gasteiger partial charge in [0.2, 0.25) is 0 Å². The van der Waals surface area contributed by atoms with Crippen LogP contribution in [0.5, 0.6) is 0 Å². The summed E-state index contributed by atoms with van der Waals surface area (Å²) >= 11 is 3.97. The summed E-state index contributed by atoms with van der Waals surface area (Å²) in [4.78, 5) is 4.08. The Morgan fingerprint density at radius 1 is 1.67 bits per heavy atom. The molecule has 12 heavy (non-hydrogen) atoms. The minimum Gasteiger partial charge on any atom is -0.397 e. The molecule has 0 fully saturated rings. The Morgan fingerprint density at radius 3 is 3.00 bits per heavy atom. The molecule has 0 saturated carbocycles. The highest BCUT2D eigenvalue weighted by Gasteiger charge is 1.93. The molecule has 62 valence electrons. The second-order valence-electron chi connectivity index (χ2n) is 2.36. The highest BCUT2D eigenvalue weighted by molar-refractivity contribution is 7.80. The van der Waals surface area contributed by atoms with Crippen LogP contribution in [-0.2, 0) is 0 Å². The average Bonchev–Trinajstić information content (AvgIpc) is 2.07. The predicted octanol–water partition coefficient (Wildman–Crippen LogP) is 1.25. The topological polar surface area (TPSA) is 38.9 Å². The quantitative estimate of drug-likeness (QED) is 0.463. The summed E-state index contributed by atoms with van der Waals surface area (Å²) in [5, 5.41) is 0. The molecule has 1 heterocycles. The number of rotatable bonds is 0. The van der Waals surface area contributed by atoms with E-state index in [-0.39, 0.29) is 0 Å². The van der Waals surface area contributed by atoms with E-state index in [1.54, 1.807) is 6.20 Å². The van der Waals surface area contributed by atoms with Gasteiger partial charge < -0.3 is 5.73 Å². The molecule has 0 amide bonds. The van der Waals surface area contributed by atoms with Crippen molar-refractivity contribution in [2.24, 2.45) is 0 Å². The Hall–Kier alpha value is -1.14. The maximum Gasteiger partial charge on any atom is 0.0602 e. The largest absolute Gasteiger partial charge is 0.397 e. The number of nitrogens with two attached hydrogens (primary N) is 1. The zero-order valence-electron chi connectivity index (χ0n) is 6.83. The molecule has 0 atom stereocenters. The molecule has 2 N–H and O–H groups in total. The van der Waals surface area contributed by atoms with Crippen molar-refractivity contribution in [3.8, 4) is 11.8 Å². The van der Waals surface area contributed by atoms with Crippen molar-refractivity contribution in [2.75, 3.05) is 11.5 Å². The predicted molar refractivity (Wildman–Crippen MR) is 54.1 cm³/mol. The van der Waals surface area contributed by atoms with E-state index < -0.39 is 0 Å². The van der Waals surface area contributed by atoms with Gasteiger partial charge in [-0.2, -0.15) is 12.6 Å². The Bertz CT molecular complexity index is 336. The summed E-state index contributed by atoms with van der Waals surface area (Å²) in [7, 11) is 0. The number of pyridine rings is 1. The van der Waals surface area contributed by atoms with Gasteiger partial charge in [0.1, 0.15) is 0 Å². The van der Waals surface area contributed by atoms with Crippen LogP contribution in [-0.4, -0.2) is 10.7 Å². The monoisotopic (exact) mass is 178 g/mol. The summed E-state index contributed by atoms with van der Waals surface area (Å²) in [6, 6.07) is 1.82. The lowest BCUT2D eigenvalue weighted by Gasteiger charge is -1.97. The van der Waals surface area contributed by atoms with Gasteiger partial charge in [-0.1, -0.05) is 11.8 Å². The number of hydrogen-bond acceptors (Lipinski definition) is 3. The molecule has 0 bridgehead atoms. The highest BCUT2D eigenvalue weighted by Crippen LogP contribution is 2.08. The van der Waals surface area contributed by atoms with Crippen molar-refractivity contribution in [3.63, 3.8) is 0 Å². The number of aryl methyl sites for hydroxylation is 1. The van der Waals surface area contributed by atoms with Gasteiger partial charge in [-0.3, -0.25) is 4.98 Å². The molecule has 0 aliphatic carbocycles. The molecule has 2 nitrogen and oxygen atoms in total. The van der Waals surface area contributed by atoms with E-state index in [2.05, 4.69) is 29.5 Å². The van der Waals surface area contributed by atoms with Gasteiger partial charge in [-0.25, -0.2) is 0 Å². The van der Waals surface area contributed by atoms with E-state index in [1.807, 2.05) is 13.0 Å². The van der Waals surface area contributed by atoms with Crippen LogP contribution >= 0.6 is 12.6 Å². The van der Waals surface area contributed by atoms with Crippen LogP contribution in [0.25, 0.3) is 0 Å².